The maximum Gasteiger partial charge on any atom is 0.136 e. The molecule has 0 saturated heterocycles. The van der Waals surface area contributed by atoms with E-state index in [1.54, 1.807) is 6.92 Å². The lowest BCUT2D eigenvalue weighted by Crippen LogP contribution is -2.16. The van der Waals surface area contributed by atoms with Crippen LogP contribution in [0.25, 0.3) is 0 Å². The van der Waals surface area contributed by atoms with E-state index in [0.717, 1.165) is 6.42 Å². The largest absolute Gasteiger partial charge is 0.300 e. The molecule has 1 saturated carbocycles. The van der Waals surface area contributed by atoms with Gasteiger partial charge in [-0.25, -0.2) is 0 Å². The van der Waals surface area contributed by atoms with Crippen molar-refractivity contribution in [1.82, 2.24) is 0 Å². The molecule has 10 heavy (non-hydrogen) atoms. The first kappa shape index (κ1) is 7.45. The number of hydrogen-bond acceptors (Lipinski definition) is 2. The van der Waals surface area contributed by atoms with Crippen molar-refractivity contribution in [1.29, 1.82) is 0 Å². The summed E-state index contributed by atoms with van der Waals surface area (Å²) in [6.45, 7) is 3.42. The highest BCUT2D eigenvalue weighted by atomic mass is 16.1. The molecule has 0 aromatic heterocycles. The van der Waals surface area contributed by atoms with Crippen molar-refractivity contribution in [3.63, 3.8) is 0 Å². The molecule has 2 unspecified atom stereocenters. The van der Waals surface area contributed by atoms with Gasteiger partial charge in [0, 0.05) is 18.3 Å². The minimum atomic E-state index is -0.0162. The molecule has 1 aliphatic carbocycles. The molecule has 56 valence electrons. The number of ketones is 2. The van der Waals surface area contributed by atoms with E-state index < -0.39 is 0 Å². The first-order valence-corrected chi connectivity index (χ1v) is 3.66. The molecule has 0 bridgehead atoms. The molecular weight excluding hydrogens is 128 g/mol. The van der Waals surface area contributed by atoms with Crippen molar-refractivity contribution >= 4 is 11.6 Å². The Kier molecular flexibility index (Phi) is 1.88. The minimum Gasteiger partial charge on any atom is -0.300 e. The van der Waals surface area contributed by atoms with Gasteiger partial charge in [-0.2, -0.15) is 0 Å². The molecule has 1 fully saturated rings. The predicted octanol–water partition coefficient (Wildman–Crippen LogP) is 1.19. The van der Waals surface area contributed by atoms with Crippen LogP contribution in [0.5, 0.6) is 0 Å². The molecule has 0 spiro atoms. The summed E-state index contributed by atoms with van der Waals surface area (Å²) in [5.41, 5.74) is 0. The van der Waals surface area contributed by atoms with Crippen LogP contribution in [0.1, 0.15) is 26.7 Å². The summed E-state index contributed by atoms with van der Waals surface area (Å²) in [5.74, 6) is 0.420. The SMILES string of the molecule is CC(=O)C1CCC(=O)C1C. The first-order chi connectivity index (χ1) is 4.63. The van der Waals surface area contributed by atoms with Crippen molar-refractivity contribution in [2.45, 2.75) is 26.7 Å². The molecule has 0 radical (unpaired) electrons. The third-order valence-electron chi connectivity index (χ3n) is 2.34. The molecule has 0 aliphatic heterocycles. The lowest BCUT2D eigenvalue weighted by molar-refractivity contribution is -0.126. The van der Waals surface area contributed by atoms with E-state index >= 15 is 0 Å². The highest BCUT2D eigenvalue weighted by molar-refractivity contribution is 5.91. The topological polar surface area (TPSA) is 34.1 Å². The monoisotopic (exact) mass is 140 g/mol. The summed E-state index contributed by atoms with van der Waals surface area (Å²) in [7, 11) is 0. The molecule has 2 heteroatoms. The molecular formula is C8H12O2. The molecule has 2 nitrogen and oxygen atoms in total. The summed E-state index contributed by atoms with van der Waals surface area (Å²) in [6.07, 6.45) is 1.38. The van der Waals surface area contributed by atoms with Crippen molar-refractivity contribution < 1.29 is 9.59 Å². The number of hydrogen-bond donors (Lipinski definition) is 0. The summed E-state index contributed by atoms with van der Waals surface area (Å²) < 4.78 is 0. The van der Waals surface area contributed by atoms with Crippen LogP contribution in [0, 0.1) is 11.8 Å². The number of carbonyl (C=O) groups is 2. The number of carbonyl (C=O) groups excluding carboxylic acids is 2. The van der Waals surface area contributed by atoms with Crippen LogP contribution >= 0.6 is 0 Å². The standard InChI is InChI=1S/C8H12O2/c1-5-7(6(2)9)3-4-8(5)10/h5,7H,3-4H2,1-2H3. The van der Waals surface area contributed by atoms with Crippen molar-refractivity contribution in [3.8, 4) is 0 Å². The molecule has 1 rings (SSSR count). The van der Waals surface area contributed by atoms with Crippen LogP contribution in [0.2, 0.25) is 0 Å². The van der Waals surface area contributed by atoms with Gasteiger partial charge in [0.05, 0.1) is 0 Å². The van der Waals surface area contributed by atoms with Gasteiger partial charge in [0.15, 0.2) is 0 Å². The van der Waals surface area contributed by atoms with Crippen LogP contribution in [0.15, 0.2) is 0 Å². The van der Waals surface area contributed by atoms with E-state index in [9.17, 15) is 9.59 Å². The zero-order chi connectivity index (χ0) is 7.72. The quantitative estimate of drug-likeness (QED) is 0.548. The van der Waals surface area contributed by atoms with E-state index in [4.69, 9.17) is 0 Å². The molecule has 0 amide bonds. The first-order valence-electron chi connectivity index (χ1n) is 3.66. The van der Waals surface area contributed by atoms with E-state index in [2.05, 4.69) is 0 Å². The van der Waals surface area contributed by atoms with Gasteiger partial charge in [0.25, 0.3) is 0 Å². The molecule has 0 N–H and O–H groups in total. The van der Waals surface area contributed by atoms with Crippen LogP contribution in [0.4, 0.5) is 0 Å². The van der Waals surface area contributed by atoms with E-state index in [-0.39, 0.29) is 23.4 Å². The summed E-state index contributed by atoms with van der Waals surface area (Å²) >= 11 is 0. The van der Waals surface area contributed by atoms with Gasteiger partial charge in [0.1, 0.15) is 11.6 Å². The van der Waals surface area contributed by atoms with Crippen LogP contribution in [0.3, 0.4) is 0 Å². The van der Waals surface area contributed by atoms with Crippen molar-refractivity contribution in [2.24, 2.45) is 11.8 Å². The summed E-state index contributed by atoms with van der Waals surface area (Å²) in [6, 6.07) is 0. The number of rotatable bonds is 1. The molecule has 2 atom stereocenters. The third kappa shape index (κ3) is 1.11. The van der Waals surface area contributed by atoms with Crippen molar-refractivity contribution in [2.75, 3.05) is 0 Å². The fourth-order valence-electron chi connectivity index (χ4n) is 1.56. The summed E-state index contributed by atoms with van der Waals surface area (Å²) in [4.78, 5) is 21.8. The Morgan fingerprint density at radius 1 is 1.60 bits per heavy atom. The highest BCUT2D eigenvalue weighted by Gasteiger charge is 2.33. The summed E-state index contributed by atoms with van der Waals surface area (Å²) in [5, 5.41) is 0. The van der Waals surface area contributed by atoms with Gasteiger partial charge >= 0.3 is 0 Å². The van der Waals surface area contributed by atoms with Crippen LogP contribution < -0.4 is 0 Å². The fraction of sp³-hybridized carbons (Fsp3) is 0.750. The van der Waals surface area contributed by atoms with E-state index in [0.29, 0.717) is 6.42 Å². The maximum absolute atomic E-state index is 10.9. The Morgan fingerprint density at radius 2 is 2.20 bits per heavy atom. The second-order valence-electron chi connectivity index (χ2n) is 3.01. The maximum atomic E-state index is 10.9. The van der Waals surface area contributed by atoms with Gasteiger partial charge < -0.3 is 0 Å². The Morgan fingerprint density at radius 3 is 2.40 bits per heavy atom. The van der Waals surface area contributed by atoms with Gasteiger partial charge in [-0.15, -0.1) is 0 Å². The second-order valence-corrected chi connectivity index (χ2v) is 3.01. The van der Waals surface area contributed by atoms with Gasteiger partial charge in [-0.3, -0.25) is 9.59 Å². The van der Waals surface area contributed by atoms with E-state index in [1.165, 1.54) is 0 Å². The van der Waals surface area contributed by atoms with Gasteiger partial charge in [-0.1, -0.05) is 6.92 Å². The Bertz CT molecular complexity index is 172. The normalized spacial score (nSPS) is 32.8. The zero-order valence-corrected chi connectivity index (χ0v) is 6.39. The van der Waals surface area contributed by atoms with Crippen molar-refractivity contribution in [3.05, 3.63) is 0 Å². The Hall–Kier alpha value is -0.660. The molecule has 1 aliphatic rings. The highest BCUT2D eigenvalue weighted by Crippen LogP contribution is 2.28. The lowest BCUT2D eigenvalue weighted by atomic mass is 9.94. The fourth-order valence-corrected chi connectivity index (χ4v) is 1.56. The minimum absolute atomic E-state index is 0.0162. The predicted molar refractivity (Wildman–Crippen MR) is 37.6 cm³/mol. The van der Waals surface area contributed by atoms with E-state index in [1.807, 2.05) is 6.92 Å². The van der Waals surface area contributed by atoms with Crippen LogP contribution in [-0.2, 0) is 9.59 Å². The molecule has 0 aromatic rings. The smallest absolute Gasteiger partial charge is 0.136 e. The average Bonchev–Trinajstić information content (AvgIpc) is 2.14. The average molecular weight is 140 g/mol. The molecule has 0 aromatic carbocycles. The van der Waals surface area contributed by atoms with Gasteiger partial charge in [0.2, 0.25) is 0 Å². The Balaban J connectivity index is 2.66. The van der Waals surface area contributed by atoms with Gasteiger partial charge in [-0.05, 0) is 13.3 Å². The molecule has 0 heterocycles. The Labute approximate surface area is 60.6 Å². The third-order valence-corrected chi connectivity index (χ3v) is 2.34. The lowest BCUT2D eigenvalue weighted by Gasteiger charge is -2.07. The zero-order valence-electron chi connectivity index (χ0n) is 6.39. The van der Waals surface area contributed by atoms with Crippen LogP contribution in [-0.4, -0.2) is 11.6 Å². The second kappa shape index (κ2) is 2.52. The number of Topliss-reactive ketones (excluding diaryl/α,β-unsaturated/α-hetero) is 2.